The Bertz CT molecular complexity index is 954. The van der Waals surface area contributed by atoms with Gasteiger partial charge in [0, 0.05) is 37.3 Å². The van der Waals surface area contributed by atoms with E-state index in [4.69, 9.17) is 4.74 Å². The zero-order chi connectivity index (χ0) is 22.5. The van der Waals surface area contributed by atoms with Crippen LogP contribution in [-0.4, -0.2) is 46.9 Å². The second-order valence-electron chi connectivity index (χ2n) is 8.92. The van der Waals surface area contributed by atoms with Crippen LogP contribution in [0.15, 0.2) is 30.5 Å². The lowest BCUT2D eigenvalue weighted by atomic mass is 10.0. The van der Waals surface area contributed by atoms with E-state index in [1.807, 2.05) is 11.8 Å². The van der Waals surface area contributed by atoms with E-state index in [0.717, 1.165) is 36.9 Å². The molecular formula is C25H32N4O3. The second kappa shape index (κ2) is 10.1. The maximum absolute atomic E-state index is 12.7. The molecule has 0 bridgehead atoms. The molecule has 1 aliphatic heterocycles. The lowest BCUT2D eigenvalue weighted by Crippen LogP contribution is -2.28. The van der Waals surface area contributed by atoms with Gasteiger partial charge in [-0.25, -0.2) is 9.97 Å². The summed E-state index contributed by atoms with van der Waals surface area (Å²) in [6, 6.07) is 7.17. The number of likely N-dealkylation sites (tertiary alicyclic amines) is 1. The SMILES string of the molecule is COc1ccc(NC(=O)c2cnc([C@H]3CCN(C(=O)CCC4CCCC4)C3)nc2C)cc1. The van der Waals surface area contributed by atoms with Crippen LogP contribution in [-0.2, 0) is 4.79 Å². The van der Waals surface area contributed by atoms with E-state index < -0.39 is 0 Å². The Kier molecular flexibility index (Phi) is 7.02. The summed E-state index contributed by atoms with van der Waals surface area (Å²) in [5.41, 5.74) is 1.78. The molecule has 1 aromatic carbocycles. The number of rotatable bonds is 7. The van der Waals surface area contributed by atoms with Crippen LogP contribution in [0.5, 0.6) is 5.75 Å². The highest BCUT2D eigenvalue weighted by atomic mass is 16.5. The van der Waals surface area contributed by atoms with E-state index >= 15 is 0 Å². The molecule has 2 fully saturated rings. The maximum Gasteiger partial charge on any atom is 0.259 e. The molecule has 1 N–H and O–H groups in total. The zero-order valence-corrected chi connectivity index (χ0v) is 19.0. The van der Waals surface area contributed by atoms with Gasteiger partial charge in [-0.2, -0.15) is 0 Å². The fraction of sp³-hybridized carbons (Fsp3) is 0.520. The van der Waals surface area contributed by atoms with Crippen molar-refractivity contribution in [3.8, 4) is 5.75 Å². The number of hydrogen-bond acceptors (Lipinski definition) is 5. The molecule has 0 radical (unpaired) electrons. The number of amides is 2. The van der Waals surface area contributed by atoms with Crippen LogP contribution in [0.2, 0.25) is 0 Å². The van der Waals surface area contributed by atoms with Gasteiger partial charge in [0.1, 0.15) is 11.6 Å². The summed E-state index contributed by atoms with van der Waals surface area (Å²) >= 11 is 0. The normalized spacial score (nSPS) is 18.7. The van der Waals surface area contributed by atoms with Crippen LogP contribution in [0.1, 0.15) is 72.7 Å². The monoisotopic (exact) mass is 436 g/mol. The molecule has 7 heteroatoms. The Hall–Kier alpha value is -2.96. The predicted octanol–water partition coefficient (Wildman–Crippen LogP) is 4.33. The van der Waals surface area contributed by atoms with Crippen molar-refractivity contribution in [2.24, 2.45) is 5.92 Å². The van der Waals surface area contributed by atoms with Crippen LogP contribution in [0.3, 0.4) is 0 Å². The molecule has 0 unspecified atom stereocenters. The molecule has 170 valence electrons. The summed E-state index contributed by atoms with van der Waals surface area (Å²) in [6.07, 6.45) is 9.33. The molecular weight excluding hydrogens is 404 g/mol. The van der Waals surface area contributed by atoms with Gasteiger partial charge >= 0.3 is 0 Å². The Morgan fingerprint density at radius 3 is 2.59 bits per heavy atom. The van der Waals surface area contributed by atoms with Crippen LogP contribution < -0.4 is 10.1 Å². The van der Waals surface area contributed by atoms with E-state index in [2.05, 4.69) is 15.3 Å². The number of carbonyl (C=O) groups excluding carboxylic acids is 2. The molecule has 1 saturated heterocycles. The topological polar surface area (TPSA) is 84.4 Å². The number of aromatic nitrogens is 2. The minimum Gasteiger partial charge on any atom is -0.497 e. The smallest absolute Gasteiger partial charge is 0.259 e. The molecule has 1 atom stereocenters. The molecule has 1 aromatic heterocycles. The third-order valence-electron chi connectivity index (χ3n) is 6.74. The van der Waals surface area contributed by atoms with Crippen molar-refractivity contribution < 1.29 is 14.3 Å². The van der Waals surface area contributed by atoms with Crippen LogP contribution in [0, 0.1) is 12.8 Å². The van der Waals surface area contributed by atoms with Crippen molar-refractivity contribution in [2.75, 3.05) is 25.5 Å². The van der Waals surface area contributed by atoms with Gasteiger partial charge in [0.15, 0.2) is 0 Å². The Labute approximate surface area is 189 Å². The highest BCUT2D eigenvalue weighted by Crippen LogP contribution is 2.30. The summed E-state index contributed by atoms with van der Waals surface area (Å²) in [5.74, 6) is 2.33. The molecule has 2 heterocycles. The van der Waals surface area contributed by atoms with Crippen molar-refractivity contribution in [3.63, 3.8) is 0 Å². The van der Waals surface area contributed by atoms with E-state index in [-0.39, 0.29) is 17.7 Å². The molecule has 4 rings (SSSR count). The van der Waals surface area contributed by atoms with Crippen molar-refractivity contribution in [3.05, 3.63) is 47.5 Å². The highest BCUT2D eigenvalue weighted by Gasteiger charge is 2.30. The summed E-state index contributed by atoms with van der Waals surface area (Å²) in [7, 11) is 1.60. The molecule has 2 aliphatic rings. The number of nitrogens with one attached hydrogen (secondary N) is 1. The van der Waals surface area contributed by atoms with Gasteiger partial charge in [-0.15, -0.1) is 0 Å². The van der Waals surface area contributed by atoms with Crippen molar-refractivity contribution in [1.29, 1.82) is 0 Å². The average molecular weight is 437 g/mol. The first kappa shape index (κ1) is 22.2. The van der Waals surface area contributed by atoms with Gasteiger partial charge < -0.3 is 15.0 Å². The summed E-state index contributed by atoms with van der Waals surface area (Å²) in [6.45, 7) is 3.25. The quantitative estimate of drug-likeness (QED) is 0.698. The first-order chi connectivity index (χ1) is 15.5. The molecule has 2 amide bonds. The Morgan fingerprint density at radius 1 is 1.16 bits per heavy atom. The number of ether oxygens (including phenoxy) is 1. The second-order valence-corrected chi connectivity index (χ2v) is 8.92. The fourth-order valence-corrected chi connectivity index (χ4v) is 4.76. The van der Waals surface area contributed by atoms with Crippen molar-refractivity contribution in [2.45, 2.75) is 57.8 Å². The number of hydrogen-bond donors (Lipinski definition) is 1. The molecule has 1 saturated carbocycles. The average Bonchev–Trinajstić information content (AvgIpc) is 3.50. The molecule has 0 spiro atoms. The highest BCUT2D eigenvalue weighted by molar-refractivity contribution is 6.04. The number of aryl methyl sites for hydroxylation is 1. The third-order valence-corrected chi connectivity index (χ3v) is 6.74. The van der Waals surface area contributed by atoms with Crippen LogP contribution in [0.4, 0.5) is 5.69 Å². The molecule has 32 heavy (non-hydrogen) atoms. The third kappa shape index (κ3) is 5.26. The number of benzene rings is 1. The fourth-order valence-electron chi connectivity index (χ4n) is 4.76. The Morgan fingerprint density at radius 2 is 1.91 bits per heavy atom. The number of nitrogens with zero attached hydrogens (tertiary/aromatic N) is 3. The van der Waals surface area contributed by atoms with Crippen molar-refractivity contribution >= 4 is 17.5 Å². The van der Waals surface area contributed by atoms with Gasteiger partial charge in [-0.05, 0) is 49.9 Å². The van der Waals surface area contributed by atoms with Crippen LogP contribution >= 0.6 is 0 Å². The number of methoxy groups -OCH3 is 1. The minimum absolute atomic E-state index is 0.128. The minimum atomic E-state index is -0.241. The first-order valence-electron chi connectivity index (χ1n) is 11.6. The summed E-state index contributed by atoms with van der Waals surface area (Å²) in [4.78, 5) is 36.4. The van der Waals surface area contributed by atoms with Gasteiger partial charge in [-0.3, -0.25) is 9.59 Å². The predicted molar refractivity (Wildman–Crippen MR) is 123 cm³/mol. The summed E-state index contributed by atoms with van der Waals surface area (Å²) in [5, 5.41) is 2.87. The van der Waals surface area contributed by atoms with Gasteiger partial charge in [-0.1, -0.05) is 25.7 Å². The summed E-state index contributed by atoms with van der Waals surface area (Å²) < 4.78 is 5.14. The van der Waals surface area contributed by atoms with E-state index in [1.165, 1.54) is 25.7 Å². The van der Waals surface area contributed by atoms with E-state index in [1.54, 1.807) is 37.6 Å². The largest absolute Gasteiger partial charge is 0.497 e. The van der Waals surface area contributed by atoms with Gasteiger partial charge in [0.05, 0.1) is 18.4 Å². The number of anilines is 1. The van der Waals surface area contributed by atoms with Crippen LogP contribution in [0.25, 0.3) is 0 Å². The molecule has 1 aliphatic carbocycles. The van der Waals surface area contributed by atoms with E-state index in [9.17, 15) is 9.59 Å². The zero-order valence-electron chi connectivity index (χ0n) is 19.0. The molecule has 2 aromatic rings. The van der Waals surface area contributed by atoms with Crippen molar-refractivity contribution in [1.82, 2.24) is 14.9 Å². The Balaban J connectivity index is 1.33. The maximum atomic E-state index is 12.7. The lowest BCUT2D eigenvalue weighted by Gasteiger charge is -2.18. The number of carbonyl (C=O) groups is 2. The lowest BCUT2D eigenvalue weighted by molar-refractivity contribution is -0.130. The van der Waals surface area contributed by atoms with E-state index in [0.29, 0.717) is 29.9 Å². The van der Waals surface area contributed by atoms with Gasteiger partial charge in [0.25, 0.3) is 5.91 Å². The van der Waals surface area contributed by atoms with Gasteiger partial charge in [0.2, 0.25) is 5.91 Å². The first-order valence-corrected chi connectivity index (χ1v) is 11.6. The standard InChI is InChI=1S/C25H32N4O3/c1-17-22(25(31)28-20-8-10-21(32-2)11-9-20)15-26-24(27-17)19-13-14-29(16-19)23(30)12-7-18-5-3-4-6-18/h8-11,15,18-19H,3-7,12-14,16H2,1-2H3,(H,28,31)/t19-/m0/s1. The molecule has 7 nitrogen and oxygen atoms in total.